The molecule has 3 heterocycles. The summed E-state index contributed by atoms with van der Waals surface area (Å²) in [6, 6.07) is 30.7. The fourth-order valence-corrected chi connectivity index (χ4v) is 10.8. The maximum absolute atomic E-state index is 14.0. The predicted octanol–water partition coefficient (Wildman–Crippen LogP) is 7.01. The number of hydrogen-bond acceptors (Lipinski definition) is 6. The maximum atomic E-state index is 14.0. The lowest BCUT2D eigenvalue weighted by atomic mass is 9.93. The Bertz CT molecular complexity index is 1860. The number of para-hydroxylation sites is 3. The molecule has 3 aliphatic rings. The number of carbonyl (C=O) groups excluding carboxylic acids is 2. The van der Waals surface area contributed by atoms with E-state index in [9.17, 15) is 19.5 Å². The predicted molar refractivity (Wildman–Crippen MR) is 192 cm³/mol. The first kappa shape index (κ1) is 33.2. The van der Waals surface area contributed by atoms with Crippen molar-refractivity contribution >= 4 is 31.5 Å². The first-order chi connectivity index (χ1) is 23.6. The highest BCUT2D eigenvalue weighted by Crippen LogP contribution is 2.46. The SMILES string of the molecule is C[C@H]1[C@H]([Si](C)(C)O)[C@@H](CC(=O)N2Cc3ccccc3C[C@H]2CO)O[C@H]1CCc1cccc(N2C(=O)c3ccccc3Oc3ccccc32)c1. The number of aliphatic hydroxyl groups is 1. The van der Waals surface area contributed by atoms with Crippen molar-refractivity contribution in [1.82, 2.24) is 4.90 Å². The highest BCUT2D eigenvalue weighted by atomic mass is 28.4. The third kappa shape index (κ3) is 6.56. The van der Waals surface area contributed by atoms with Crippen LogP contribution in [0.5, 0.6) is 11.5 Å². The lowest BCUT2D eigenvalue weighted by Crippen LogP contribution is -2.48. The van der Waals surface area contributed by atoms with Crippen molar-refractivity contribution in [3.8, 4) is 11.5 Å². The summed E-state index contributed by atoms with van der Waals surface area (Å²) in [5.74, 6) is 1.00. The summed E-state index contributed by atoms with van der Waals surface area (Å²) in [5, 5.41) is 10.2. The number of carbonyl (C=O) groups is 2. The number of nitrogens with zero attached hydrogens (tertiary/aromatic N) is 2. The average Bonchev–Trinajstić information content (AvgIpc) is 3.35. The Labute approximate surface area is 289 Å². The van der Waals surface area contributed by atoms with Gasteiger partial charge in [0.05, 0.1) is 42.5 Å². The number of fused-ring (bicyclic) bond motifs is 3. The van der Waals surface area contributed by atoms with E-state index in [4.69, 9.17) is 9.47 Å². The van der Waals surface area contributed by atoms with Crippen molar-refractivity contribution in [2.75, 3.05) is 11.5 Å². The monoisotopic (exact) mass is 676 g/mol. The van der Waals surface area contributed by atoms with Crippen LogP contribution in [0.3, 0.4) is 0 Å². The number of aliphatic hydroxyl groups excluding tert-OH is 1. The minimum Gasteiger partial charge on any atom is -0.454 e. The molecule has 8 nitrogen and oxygen atoms in total. The Balaban J connectivity index is 1.08. The minimum absolute atomic E-state index is 0.0460. The molecule has 2 amide bonds. The third-order valence-electron chi connectivity index (χ3n) is 10.5. The van der Waals surface area contributed by atoms with Gasteiger partial charge in [-0.3, -0.25) is 14.5 Å². The van der Waals surface area contributed by atoms with Crippen LogP contribution in [0.1, 0.15) is 46.8 Å². The average molecular weight is 677 g/mol. The molecular formula is C40H44N2O6Si. The van der Waals surface area contributed by atoms with Crippen LogP contribution < -0.4 is 9.64 Å². The van der Waals surface area contributed by atoms with Crippen LogP contribution in [0, 0.1) is 5.92 Å². The van der Waals surface area contributed by atoms with Crippen LogP contribution in [0.2, 0.25) is 18.6 Å². The van der Waals surface area contributed by atoms with Gasteiger partial charge < -0.3 is 24.3 Å². The first-order valence-corrected chi connectivity index (χ1v) is 20.3. The second-order valence-corrected chi connectivity index (χ2v) is 18.2. The topological polar surface area (TPSA) is 99.5 Å². The van der Waals surface area contributed by atoms with E-state index >= 15 is 0 Å². The second-order valence-electron chi connectivity index (χ2n) is 14.2. The van der Waals surface area contributed by atoms with Gasteiger partial charge in [0.1, 0.15) is 5.75 Å². The minimum atomic E-state index is -2.71. The summed E-state index contributed by atoms with van der Waals surface area (Å²) >= 11 is 0. The molecule has 3 aliphatic heterocycles. The molecule has 1 fully saturated rings. The highest BCUT2D eigenvalue weighted by molar-refractivity contribution is 6.71. The molecule has 0 saturated carbocycles. The van der Waals surface area contributed by atoms with Gasteiger partial charge in [0, 0.05) is 17.8 Å². The van der Waals surface area contributed by atoms with E-state index in [2.05, 4.69) is 25.1 Å². The summed E-state index contributed by atoms with van der Waals surface area (Å²) in [6.45, 7) is 6.38. The van der Waals surface area contributed by atoms with Crippen LogP contribution in [0.4, 0.5) is 11.4 Å². The summed E-state index contributed by atoms with van der Waals surface area (Å²) < 4.78 is 12.9. The molecule has 0 radical (unpaired) electrons. The lowest BCUT2D eigenvalue weighted by Gasteiger charge is -2.37. The summed E-state index contributed by atoms with van der Waals surface area (Å²) in [4.78, 5) is 42.7. The number of rotatable bonds is 8. The fourth-order valence-electron chi connectivity index (χ4n) is 8.16. The van der Waals surface area contributed by atoms with Crippen LogP contribution in [0.25, 0.3) is 0 Å². The van der Waals surface area contributed by atoms with Crippen LogP contribution >= 0.6 is 0 Å². The summed E-state index contributed by atoms with van der Waals surface area (Å²) in [5.41, 5.74) is 5.16. The third-order valence-corrected chi connectivity index (χ3v) is 13.0. The molecule has 5 atom stereocenters. The van der Waals surface area contributed by atoms with E-state index in [1.807, 2.05) is 85.9 Å². The van der Waals surface area contributed by atoms with Gasteiger partial charge in [-0.05, 0) is 91.4 Å². The number of anilines is 2. The van der Waals surface area contributed by atoms with Gasteiger partial charge in [-0.1, -0.05) is 67.6 Å². The van der Waals surface area contributed by atoms with Crippen molar-refractivity contribution < 1.29 is 29.0 Å². The van der Waals surface area contributed by atoms with Gasteiger partial charge >= 0.3 is 0 Å². The van der Waals surface area contributed by atoms with Gasteiger partial charge in [0.25, 0.3) is 5.91 Å². The maximum Gasteiger partial charge on any atom is 0.266 e. The molecule has 49 heavy (non-hydrogen) atoms. The van der Waals surface area contributed by atoms with E-state index in [0.717, 1.165) is 16.8 Å². The largest absolute Gasteiger partial charge is 0.454 e. The lowest BCUT2D eigenvalue weighted by molar-refractivity contribution is -0.138. The molecule has 9 heteroatoms. The Kier molecular flexibility index (Phi) is 9.19. The van der Waals surface area contributed by atoms with Crippen LogP contribution in [-0.2, 0) is 28.9 Å². The second kappa shape index (κ2) is 13.6. The standard InChI is InChI=1S/C40H44N2O6Si/c1-26-34(47-37(39(26)49(2,3)46)23-38(44)41-24-29-13-5-4-12-28(29)22-31(41)25-43)20-19-27-11-10-14-30(21-27)42-33-16-7-9-18-36(33)48-35-17-8-6-15-32(35)40(42)45/h4-18,21,26,31,34,37,39,43,46H,19-20,22-25H2,1-3H3/t26-,31+,34+,37-,39+/m1/s1. The fraction of sp³-hybridized carbons (Fsp3) is 0.350. The first-order valence-electron chi connectivity index (χ1n) is 17.3. The molecule has 0 aliphatic carbocycles. The molecule has 0 bridgehead atoms. The molecule has 0 unspecified atom stereocenters. The van der Waals surface area contributed by atoms with Crippen LogP contribution in [0.15, 0.2) is 97.1 Å². The number of ether oxygens (including phenoxy) is 2. The molecule has 0 spiro atoms. The molecule has 4 aromatic carbocycles. The number of benzene rings is 4. The number of hydrogen-bond donors (Lipinski definition) is 2. The highest BCUT2D eigenvalue weighted by Gasteiger charge is 2.50. The zero-order valence-electron chi connectivity index (χ0n) is 28.3. The molecule has 1 saturated heterocycles. The Hall–Kier alpha value is -4.28. The van der Waals surface area contributed by atoms with E-state index in [1.54, 1.807) is 15.9 Å². The number of aryl methyl sites for hydroxylation is 1. The van der Waals surface area contributed by atoms with Crippen molar-refractivity contribution in [2.24, 2.45) is 5.92 Å². The van der Waals surface area contributed by atoms with Gasteiger partial charge in [-0.25, -0.2) is 0 Å². The van der Waals surface area contributed by atoms with Gasteiger partial charge in [-0.2, -0.15) is 0 Å². The summed E-state index contributed by atoms with van der Waals surface area (Å²) in [7, 11) is -2.71. The van der Waals surface area contributed by atoms with E-state index in [0.29, 0.717) is 48.6 Å². The molecular weight excluding hydrogens is 633 g/mol. The molecule has 254 valence electrons. The van der Waals surface area contributed by atoms with Crippen molar-refractivity contribution in [1.29, 1.82) is 0 Å². The van der Waals surface area contributed by atoms with Gasteiger partial charge in [-0.15, -0.1) is 0 Å². The smallest absolute Gasteiger partial charge is 0.266 e. The van der Waals surface area contributed by atoms with E-state index in [1.165, 1.54) is 5.56 Å². The Morgan fingerprint density at radius 2 is 1.61 bits per heavy atom. The van der Waals surface area contributed by atoms with Crippen molar-refractivity contribution in [3.05, 3.63) is 119 Å². The molecule has 2 N–H and O–H groups in total. The Morgan fingerprint density at radius 1 is 0.898 bits per heavy atom. The van der Waals surface area contributed by atoms with E-state index in [-0.39, 0.29) is 48.4 Å². The van der Waals surface area contributed by atoms with Gasteiger partial charge in [0.2, 0.25) is 5.91 Å². The molecule has 7 rings (SSSR count). The van der Waals surface area contributed by atoms with Crippen molar-refractivity contribution in [3.63, 3.8) is 0 Å². The molecule has 0 aromatic heterocycles. The van der Waals surface area contributed by atoms with Crippen molar-refractivity contribution in [2.45, 2.75) is 76.0 Å². The molecule has 4 aromatic rings. The normalized spacial score (nSPS) is 23.3. The zero-order valence-corrected chi connectivity index (χ0v) is 29.3. The number of amides is 2. The van der Waals surface area contributed by atoms with E-state index < -0.39 is 14.4 Å². The van der Waals surface area contributed by atoms with Gasteiger partial charge in [0.15, 0.2) is 14.1 Å². The van der Waals surface area contributed by atoms with Crippen LogP contribution in [-0.4, -0.2) is 59.8 Å². The summed E-state index contributed by atoms with van der Waals surface area (Å²) in [6.07, 6.45) is 1.69. The Morgan fingerprint density at radius 3 is 2.39 bits per heavy atom. The quantitative estimate of drug-likeness (QED) is 0.195. The zero-order chi connectivity index (χ0) is 34.3.